The summed E-state index contributed by atoms with van der Waals surface area (Å²) in [7, 11) is 0. The lowest BCUT2D eigenvalue weighted by Crippen LogP contribution is -2.25. The summed E-state index contributed by atoms with van der Waals surface area (Å²) >= 11 is 7.26. The molecule has 8 heteroatoms. The van der Waals surface area contributed by atoms with Gasteiger partial charge in [0.05, 0.1) is 30.3 Å². The minimum Gasteiger partial charge on any atom is -0.467 e. The number of furan rings is 1. The van der Waals surface area contributed by atoms with Crippen molar-refractivity contribution in [2.24, 2.45) is 0 Å². The van der Waals surface area contributed by atoms with Gasteiger partial charge in [-0.3, -0.25) is 14.2 Å². The Kier molecular flexibility index (Phi) is 4.27. The fourth-order valence-electron chi connectivity index (χ4n) is 2.67. The van der Waals surface area contributed by atoms with Crippen molar-refractivity contribution in [3.05, 3.63) is 57.7 Å². The zero-order chi connectivity index (χ0) is 17.4. The number of hydrogen-bond donors (Lipinski definition) is 0. The second kappa shape index (κ2) is 6.57. The number of benzene rings is 1. The van der Waals surface area contributed by atoms with Crippen LogP contribution in [-0.2, 0) is 16.1 Å². The molecule has 0 N–H and O–H groups in total. The molecule has 0 radical (unpaired) electrons. The third-order valence-electron chi connectivity index (χ3n) is 3.91. The van der Waals surface area contributed by atoms with Crippen LogP contribution in [0.1, 0.15) is 12.2 Å². The average molecular weight is 377 g/mol. The van der Waals surface area contributed by atoms with Crippen LogP contribution in [0.2, 0.25) is 5.02 Å². The number of thioether (sulfide) groups is 1. The third-order valence-corrected chi connectivity index (χ3v) is 5.38. The molecule has 1 saturated heterocycles. The molecule has 6 nitrogen and oxygen atoms in total. The molecule has 0 bridgehead atoms. The van der Waals surface area contributed by atoms with Crippen molar-refractivity contribution < 1.29 is 13.9 Å². The Balaban J connectivity index is 1.84. The SMILES string of the molecule is O=C1OCC[C@H]1Sc1nc2cc(Cl)ccc2c(=O)n1Cc1ccco1. The molecular formula is C17H13ClN2O4S. The fourth-order valence-corrected chi connectivity index (χ4v) is 3.90. The normalized spacial score (nSPS) is 17.2. The number of cyclic esters (lactones) is 1. The standard InChI is InChI=1S/C17H13ClN2O4S/c18-10-3-4-12-13(8-10)19-17(25-14-5-7-24-16(14)22)20(15(12)21)9-11-2-1-6-23-11/h1-4,6,8,14H,5,7,9H2/t14-/m1/s1. The van der Waals surface area contributed by atoms with Crippen LogP contribution in [-0.4, -0.2) is 27.4 Å². The van der Waals surface area contributed by atoms with Crippen LogP contribution in [0.5, 0.6) is 0 Å². The number of halogens is 1. The molecule has 3 aromatic rings. The zero-order valence-electron chi connectivity index (χ0n) is 13.0. The van der Waals surface area contributed by atoms with Gasteiger partial charge in [-0.05, 0) is 30.3 Å². The summed E-state index contributed by atoms with van der Waals surface area (Å²) in [6, 6.07) is 8.51. The molecule has 3 heterocycles. The van der Waals surface area contributed by atoms with E-state index >= 15 is 0 Å². The largest absolute Gasteiger partial charge is 0.467 e. The molecule has 0 amide bonds. The van der Waals surface area contributed by atoms with Crippen molar-refractivity contribution in [2.45, 2.75) is 23.4 Å². The molecule has 1 aliphatic heterocycles. The third kappa shape index (κ3) is 3.17. The average Bonchev–Trinajstić information content (AvgIpc) is 3.23. The van der Waals surface area contributed by atoms with E-state index in [2.05, 4.69) is 4.98 Å². The van der Waals surface area contributed by atoms with Crippen LogP contribution < -0.4 is 5.56 Å². The first-order chi connectivity index (χ1) is 12.1. The molecule has 0 spiro atoms. The smallest absolute Gasteiger partial charge is 0.319 e. The predicted octanol–water partition coefficient (Wildman–Crippen LogP) is 3.10. The number of nitrogens with zero attached hydrogens (tertiary/aromatic N) is 2. The van der Waals surface area contributed by atoms with Crippen LogP contribution >= 0.6 is 23.4 Å². The van der Waals surface area contributed by atoms with Crippen LogP contribution in [0.25, 0.3) is 10.9 Å². The number of carbonyl (C=O) groups excluding carboxylic acids is 1. The molecule has 4 rings (SSSR count). The maximum atomic E-state index is 13.0. The number of fused-ring (bicyclic) bond motifs is 1. The molecule has 0 aliphatic carbocycles. The van der Waals surface area contributed by atoms with Crippen molar-refractivity contribution in [2.75, 3.05) is 6.61 Å². The van der Waals surface area contributed by atoms with Gasteiger partial charge in [0.1, 0.15) is 11.0 Å². The van der Waals surface area contributed by atoms with Crippen LogP contribution in [0.4, 0.5) is 0 Å². The van der Waals surface area contributed by atoms with Gasteiger partial charge in [-0.1, -0.05) is 23.4 Å². The minimum absolute atomic E-state index is 0.202. The maximum Gasteiger partial charge on any atom is 0.319 e. The quantitative estimate of drug-likeness (QED) is 0.514. The van der Waals surface area contributed by atoms with Crippen molar-refractivity contribution in [3.63, 3.8) is 0 Å². The van der Waals surface area contributed by atoms with E-state index in [0.29, 0.717) is 39.9 Å². The van der Waals surface area contributed by atoms with Gasteiger partial charge >= 0.3 is 5.97 Å². The molecule has 1 aromatic carbocycles. The van der Waals surface area contributed by atoms with E-state index in [1.807, 2.05) is 0 Å². The van der Waals surface area contributed by atoms with Gasteiger partial charge in [0.2, 0.25) is 0 Å². The van der Waals surface area contributed by atoms with E-state index in [0.717, 1.165) is 0 Å². The number of esters is 1. The van der Waals surface area contributed by atoms with Gasteiger partial charge in [0.25, 0.3) is 5.56 Å². The van der Waals surface area contributed by atoms with Gasteiger partial charge in [-0.25, -0.2) is 4.98 Å². The first-order valence-corrected chi connectivity index (χ1v) is 8.93. The number of aromatic nitrogens is 2. The molecule has 0 saturated carbocycles. The second-order valence-electron chi connectivity index (χ2n) is 5.59. The highest BCUT2D eigenvalue weighted by atomic mass is 35.5. The Hall–Kier alpha value is -2.25. The Bertz CT molecular complexity index is 1000. The van der Waals surface area contributed by atoms with Crippen molar-refractivity contribution >= 4 is 40.2 Å². The molecule has 0 unspecified atom stereocenters. The number of hydrogen-bond acceptors (Lipinski definition) is 6. The van der Waals surface area contributed by atoms with Crippen molar-refractivity contribution in [1.82, 2.24) is 9.55 Å². The van der Waals surface area contributed by atoms with Crippen LogP contribution in [0.15, 0.2) is 51.0 Å². The number of rotatable bonds is 4. The van der Waals surface area contributed by atoms with E-state index in [-0.39, 0.29) is 23.3 Å². The maximum absolute atomic E-state index is 13.0. The Morgan fingerprint density at radius 2 is 2.20 bits per heavy atom. The summed E-state index contributed by atoms with van der Waals surface area (Å²) in [6.07, 6.45) is 2.14. The minimum atomic E-state index is -0.369. The highest BCUT2D eigenvalue weighted by Gasteiger charge is 2.29. The van der Waals surface area contributed by atoms with Crippen LogP contribution in [0, 0.1) is 0 Å². The van der Waals surface area contributed by atoms with E-state index < -0.39 is 0 Å². The summed E-state index contributed by atoms with van der Waals surface area (Å²) in [5, 5.41) is 1.04. The van der Waals surface area contributed by atoms with Crippen LogP contribution in [0.3, 0.4) is 0 Å². The summed E-state index contributed by atoms with van der Waals surface area (Å²) in [4.78, 5) is 29.3. The Morgan fingerprint density at radius 3 is 2.92 bits per heavy atom. The molecular weight excluding hydrogens is 364 g/mol. The lowest BCUT2D eigenvalue weighted by Gasteiger charge is -2.13. The summed E-state index contributed by atoms with van der Waals surface area (Å²) < 4.78 is 11.9. The fraction of sp³-hybridized carbons (Fsp3) is 0.235. The summed E-state index contributed by atoms with van der Waals surface area (Å²) in [6.45, 7) is 0.625. The van der Waals surface area contributed by atoms with Gasteiger partial charge in [0.15, 0.2) is 5.16 Å². The van der Waals surface area contributed by atoms with Gasteiger partial charge in [-0.2, -0.15) is 0 Å². The molecule has 1 atom stereocenters. The molecule has 2 aromatic heterocycles. The predicted molar refractivity (Wildman–Crippen MR) is 94.0 cm³/mol. The lowest BCUT2D eigenvalue weighted by molar-refractivity contribution is -0.137. The Labute approximate surface area is 151 Å². The highest BCUT2D eigenvalue weighted by Crippen LogP contribution is 2.29. The molecule has 25 heavy (non-hydrogen) atoms. The van der Waals surface area contributed by atoms with E-state index in [1.54, 1.807) is 36.6 Å². The van der Waals surface area contributed by atoms with Crippen molar-refractivity contribution in [3.8, 4) is 0 Å². The van der Waals surface area contributed by atoms with E-state index in [1.165, 1.54) is 16.3 Å². The highest BCUT2D eigenvalue weighted by molar-refractivity contribution is 8.00. The van der Waals surface area contributed by atoms with Gasteiger partial charge in [-0.15, -0.1) is 0 Å². The van der Waals surface area contributed by atoms with E-state index in [9.17, 15) is 9.59 Å². The van der Waals surface area contributed by atoms with Gasteiger partial charge in [0, 0.05) is 11.4 Å². The van der Waals surface area contributed by atoms with E-state index in [4.69, 9.17) is 20.8 Å². The van der Waals surface area contributed by atoms with Gasteiger partial charge < -0.3 is 9.15 Å². The molecule has 1 fully saturated rings. The van der Waals surface area contributed by atoms with Crippen molar-refractivity contribution in [1.29, 1.82) is 0 Å². The first kappa shape index (κ1) is 16.2. The molecule has 1 aliphatic rings. The topological polar surface area (TPSA) is 74.3 Å². The zero-order valence-corrected chi connectivity index (χ0v) is 14.5. The first-order valence-electron chi connectivity index (χ1n) is 7.67. The monoisotopic (exact) mass is 376 g/mol. The summed E-state index contributed by atoms with van der Waals surface area (Å²) in [5.74, 6) is 0.350. The second-order valence-corrected chi connectivity index (χ2v) is 7.20. The summed E-state index contributed by atoms with van der Waals surface area (Å²) in [5.41, 5.74) is 0.300. The number of carbonyl (C=O) groups is 1. The Morgan fingerprint density at radius 1 is 1.32 bits per heavy atom. The number of ether oxygens (including phenoxy) is 1. The molecule has 128 valence electrons. The lowest BCUT2D eigenvalue weighted by atomic mass is 10.2.